The molecular weight excluding hydrogens is 305 g/mol. The molecule has 1 fully saturated rings. The lowest BCUT2D eigenvalue weighted by atomic mass is 9.81. The van der Waals surface area contributed by atoms with E-state index in [1.807, 2.05) is 0 Å². The van der Waals surface area contributed by atoms with Gasteiger partial charge in [0.05, 0.1) is 0 Å². The van der Waals surface area contributed by atoms with Crippen LogP contribution in [0.4, 0.5) is 13.2 Å². The third kappa shape index (κ3) is 2.93. The van der Waals surface area contributed by atoms with Crippen molar-refractivity contribution in [2.45, 2.75) is 31.2 Å². The Bertz CT molecular complexity index is 662. The van der Waals surface area contributed by atoms with E-state index in [0.29, 0.717) is 12.5 Å². The lowest BCUT2D eigenvalue weighted by Gasteiger charge is -2.41. The Labute approximate surface area is 121 Å². The van der Waals surface area contributed by atoms with Crippen LogP contribution in [0.25, 0.3) is 0 Å². The van der Waals surface area contributed by atoms with Crippen molar-refractivity contribution in [2.75, 3.05) is 13.1 Å². The Kier molecular flexibility index (Phi) is 4.07. The minimum absolute atomic E-state index is 0.0922. The highest BCUT2D eigenvalue weighted by molar-refractivity contribution is 7.89. The van der Waals surface area contributed by atoms with Crippen molar-refractivity contribution in [1.82, 2.24) is 4.31 Å². The maximum Gasteiger partial charge on any atom is 0.246 e. The van der Waals surface area contributed by atoms with Crippen LogP contribution < -0.4 is 5.73 Å². The summed E-state index contributed by atoms with van der Waals surface area (Å²) in [6.07, 6.45) is 0.414. The number of sulfonamides is 1. The molecule has 1 aromatic rings. The van der Waals surface area contributed by atoms with Crippen molar-refractivity contribution >= 4 is 10.0 Å². The van der Waals surface area contributed by atoms with Gasteiger partial charge in [-0.3, -0.25) is 0 Å². The van der Waals surface area contributed by atoms with Crippen LogP contribution in [0.5, 0.6) is 0 Å². The van der Waals surface area contributed by atoms with Gasteiger partial charge in [0.15, 0.2) is 11.6 Å². The molecule has 1 heterocycles. The molecule has 1 atom stereocenters. The number of hydrogen-bond donors (Lipinski definition) is 1. The van der Waals surface area contributed by atoms with E-state index < -0.39 is 37.8 Å². The topological polar surface area (TPSA) is 63.4 Å². The highest BCUT2D eigenvalue weighted by Crippen LogP contribution is 2.32. The summed E-state index contributed by atoms with van der Waals surface area (Å²) in [4.78, 5) is -0.854. The van der Waals surface area contributed by atoms with Crippen LogP contribution in [-0.4, -0.2) is 31.9 Å². The van der Waals surface area contributed by atoms with Gasteiger partial charge in [-0.1, -0.05) is 13.8 Å². The summed E-state index contributed by atoms with van der Waals surface area (Å²) in [5.41, 5.74) is 5.44. The van der Waals surface area contributed by atoms with Crippen molar-refractivity contribution in [3.05, 3.63) is 29.6 Å². The Hall–Kier alpha value is -1.12. The zero-order chi connectivity index (χ0) is 16.0. The van der Waals surface area contributed by atoms with Gasteiger partial charge in [0, 0.05) is 25.2 Å². The van der Waals surface area contributed by atoms with Gasteiger partial charge in [0.25, 0.3) is 0 Å². The van der Waals surface area contributed by atoms with Crippen molar-refractivity contribution in [3.8, 4) is 0 Å². The van der Waals surface area contributed by atoms with Gasteiger partial charge < -0.3 is 5.73 Å². The van der Waals surface area contributed by atoms with Gasteiger partial charge in [-0.25, -0.2) is 21.6 Å². The highest BCUT2D eigenvalue weighted by Gasteiger charge is 2.39. The molecule has 1 saturated heterocycles. The number of hydrogen-bond acceptors (Lipinski definition) is 3. The molecule has 2 N–H and O–H groups in total. The monoisotopic (exact) mass is 322 g/mol. The molecule has 1 unspecified atom stereocenters. The van der Waals surface area contributed by atoms with E-state index in [-0.39, 0.29) is 25.2 Å². The number of nitrogens with zero attached hydrogens (tertiary/aromatic N) is 1. The SMILES string of the molecule is CC1(C)CN(S(=O)(=O)c2cc(F)c(F)cc2F)CCC1N. The summed E-state index contributed by atoms with van der Waals surface area (Å²) in [5, 5.41) is 0. The standard InChI is InChI=1S/C13H17F3N2O2S/c1-13(2)7-18(4-3-12(13)17)21(19,20)11-6-9(15)8(14)5-10(11)16/h5-6,12H,3-4,7,17H2,1-2H3. The van der Waals surface area contributed by atoms with Gasteiger partial charge in [0.2, 0.25) is 10.0 Å². The summed E-state index contributed by atoms with van der Waals surface area (Å²) in [5.74, 6) is -4.13. The molecule has 0 aliphatic carbocycles. The van der Waals surface area contributed by atoms with Gasteiger partial charge >= 0.3 is 0 Å². The molecule has 0 bridgehead atoms. The van der Waals surface area contributed by atoms with Gasteiger partial charge in [-0.2, -0.15) is 4.31 Å². The second-order valence-corrected chi connectivity index (χ2v) is 7.83. The normalized spacial score (nSPS) is 23.2. The summed E-state index contributed by atoms with van der Waals surface area (Å²) in [7, 11) is -4.23. The van der Waals surface area contributed by atoms with E-state index in [1.165, 1.54) is 0 Å². The first-order valence-corrected chi connectivity index (χ1v) is 7.90. The fraction of sp³-hybridized carbons (Fsp3) is 0.538. The molecule has 8 heteroatoms. The quantitative estimate of drug-likeness (QED) is 0.845. The van der Waals surface area contributed by atoms with E-state index in [4.69, 9.17) is 5.73 Å². The molecule has 0 radical (unpaired) electrons. The van der Waals surface area contributed by atoms with E-state index in [1.54, 1.807) is 13.8 Å². The zero-order valence-electron chi connectivity index (χ0n) is 11.7. The van der Waals surface area contributed by atoms with Gasteiger partial charge in [-0.05, 0) is 17.9 Å². The minimum Gasteiger partial charge on any atom is -0.327 e. The molecule has 1 aliphatic heterocycles. The number of benzene rings is 1. The summed E-state index contributed by atoms with van der Waals surface area (Å²) < 4.78 is 65.8. The van der Waals surface area contributed by atoms with E-state index in [0.717, 1.165) is 4.31 Å². The van der Waals surface area contributed by atoms with E-state index >= 15 is 0 Å². The average molecular weight is 322 g/mol. The van der Waals surface area contributed by atoms with Crippen molar-refractivity contribution in [3.63, 3.8) is 0 Å². The lowest BCUT2D eigenvalue weighted by Crippen LogP contribution is -2.53. The number of piperidine rings is 1. The third-order valence-corrected chi connectivity index (χ3v) is 5.73. The smallest absolute Gasteiger partial charge is 0.246 e. The van der Waals surface area contributed by atoms with Crippen molar-refractivity contribution < 1.29 is 21.6 Å². The molecule has 0 spiro atoms. The molecular formula is C13H17F3N2O2S. The van der Waals surface area contributed by atoms with Crippen LogP contribution in [0.1, 0.15) is 20.3 Å². The minimum atomic E-state index is -4.23. The first kappa shape index (κ1) is 16.3. The Balaban J connectivity index is 2.42. The first-order chi connectivity index (χ1) is 9.55. The predicted octanol–water partition coefficient (Wildman–Crippen LogP) is 1.85. The van der Waals surface area contributed by atoms with E-state index in [9.17, 15) is 21.6 Å². The largest absolute Gasteiger partial charge is 0.327 e. The molecule has 2 rings (SSSR count). The van der Waals surface area contributed by atoms with Crippen molar-refractivity contribution in [1.29, 1.82) is 0 Å². The molecule has 21 heavy (non-hydrogen) atoms. The number of nitrogens with two attached hydrogens (primary N) is 1. The molecule has 0 saturated carbocycles. The fourth-order valence-electron chi connectivity index (χ4n) is 2.37. The summed E-state index contributed by atoms with van der Waals surface area (Å²) >= 11 is 0. The summed E-state index contributed by atoms with van der Waals surface area (Å²) in [6, 6.07) is 0.434. The van der Waals surface area contributed by atoms with Gasteiger partial charge in [-0.15, -0.1) is 0 Å². The molecule has 4 nitrogen and oxygen atoms in total. The number of halogens is 3. The predicted molar refractivity (Wildman–Crippen MR) is 71.4 cm³/mol. The number of rotatable bonds is 2. The third-order valence-electron chi connectivity index (χ3n) is 3.87. The van der Waals surface area contributed by atoms with Gasteiger partial charge in [0.1, 0.15) is 10.7 Å². The maximum atomic E-state index is 13.7. The van der Waals surface area contributed by atoms with Crippen LogP contribution in [0.2, 0.25) is 0 Å². The Morgan fingerprint density at radius 2 is 1.76 bits per heavy atom. The average Bonchev–Trinajstić information content (AvgIpc) is 2.36. The fourth-order valence-corrected chi connectivity index (χ4v) is 4.06. The molecule has 1 aromatic carbocycles. The van der Waals surface area contributed by atoms with E-state index in [2.05, 4.69) is 0 Å². The molecule has 118 valence electrons. The Morgan fingerprint density at radius 3 is 2.33 bits per heavy atom. The van der Waals surface area contributed by atoms with Crippen molar-refractivity contribution in [2.24, 2.45) is 11.1 Å². The zero-order valence-corrected chi connectivity index (χ0v) is 12.6. The summed E-state index contributed by atoms with van der Waals surface area (Å²) in [6.45, 7) is 3.82. The first-order valence-electron chi connectivity index (χ1n) is 6.46. The second-order valence-electron chi connectivity index (χ2n) is 5.92. The maximum absolute atomic E-state index is 13.7. The lowest BCUT2D eigenvalue weighted by molar-refractivity contribution is 0.155. The van der Waals surface area contributed by atoms with Crippen LogP contribution in [-0.2, 0) is 10.0 Å². The Morgan fingerprint density at radius 1 is 1.19 bits per heavy atom. The van der Waals surface area contributed by atoms with Crippen LogP contribution >= 0.6 is 0 Å². The molecule has 0 aromatic heterocycles. The van der Waals surface area contributed by atoms with Crippen LogP contribution in [0.15, 0.2) is 17.0 Å². The molecule has 0 amide bonds. The highest BCUT2D eigenvalue weighted by atomic mass is 32.2. The molecule has 1 aliphatic rings. The van der Waals surface area contributed by atoms with Crippen LogP contribution in [0, 0.1) is 22.9 Å². The van der Waals surface area contributed by atoms with Crippen LogP contribution in [0.3, 0.4) is 0 Å². The second kappa shape index (κ2) is 5.26.